The zero-order chi connectivity index (χ0) is 17.8. The molecule has 0 aliphatic rings. The lowest BCUT2D eigenvalue weighted by atomic mass is 10.1. The molecule has 3 N–H and O–H groups in total. The molecular weight excluding hydrogens is 334 g/mol. The van der Waals surface area contributed by atoms with Crippen molar-refractivity contribution in [2.45, 2.75) is 26.2 Å². The van der Waals surface area contributed by atoms with Gasteiger partial charge in [0.05, 0.1) is 10.2 Å². The molecule has 0 saturated heterocycles. The zero-order valence-corrected chi connectivity index (χ0v) is 14.7. The number of aryl methyl sites for hydroxylation is 1. The van der Waals surface area contributed by atoms with E-state index >= 15 is 0 Å². The van der Waals surface area contributed by atoms with Crippen molar-refractivity contribution < 1.29 is 9.59 Å². The number of thiazole rings is 1. The van der Waals surface area contributed by atoms with Gasteiger partial charge in [0.1, 0.15) is 0 Å². The zero-order valence-electron chi connectivity index (χ0n) is 13.9. The maximum atomic E-state index is 12.4. The molecular formula is C19H19N3O2S. The Morgan fingerprint density at radius 1 is 1.16 bits per heavy atom. The van der Waals surface area contributed by atoms with Gasteiger partial charge in [-0.25, -0.2) is 4.98 Å². The second-order valence-electron chi connectivity index (χ2n) is 5.82. The lowest BCUT2D eigenvalue weighted by Gasteiger charge is -2.02. The van der Waals surface area contributed by atoms with Crippen LogP contribution >= 0.6 is 11.3 Å². The standard InChI is InChI=1S/C19H19N3O2S/c1-2-3-5-12-8-9-15-16(10-12)25-19(21-15)22-18(24)14-7-4-6-13(11-14)17(20)23/h4,6-11H,2-3,5H2,1H3,(H2,20,23)(H,21,22,24). The number of fused-ring (bicyclic) bond motifs is 1. The highest BCUT2D eigenvalue weighted by atomic mass is 32.1. The number of primary amides is 1. The summed E-state index contributed by atoms with van der Waals surface area (Å²) < 4.78 is 1.05. The molecule has 3 rings (SSSR count). The van der Waals surface area contributed by atoms with Crippen LogP contribution in [-0.4, -0.2) is 16.8 Å². The Bertz CT molecular complexity index is 933. The molecule has 0 unspecified atom stereocenters. The maximum Gasteiger partial charge on any atom is 0.257 e. The molecule has 2 amide bonds. The Hall–Kier alpha value is -2.73. The summed E-state index contributed by atoms with van der Waals surface area (Å²) in [6, 6.07) is 12.5. The van der Waals surface area contributed by atoms with Gasteiger partial charge in [0.2, 0.25) is 5.91 Å². The topological polar surface area (TPSA) is 85.1 Å². The molecule has 1 heterocycles. The monoisotopic (exact) mass is 353 g/mol. The van der Waals surface area contributed by atoms with Gasteiger partial charge in [-0.1, -0.05) is 36.8 Å². The minimum absolute atomic E-state index is 0.303. The van der Waals surface area contributed by atoms with Gasteiger partial charge in [-0.05, 0) is 48.7 Å². The van der Waals surface area contributed by atoms with E-state index in [1.54, 1.807) is 18.2 Å². The quantitative estimate of drug-likeness (QED) is 0.702. The normalized spacial score (nSPS) is 10.8. The van der Waals surface area contributed by atoms with Gasteiger partial charge in [0, 0.05) is 11.1 Å². The summed E-state index contributed by atoms with van der Waals surface area (Å²) in [6.07, 6.45) is 3.36. The molecule has 0 aliphatic heterocycles. The van der Waals surface area contributed by atoms with Crippen LogP contribution < -0.4 is 11.1 Å². The van der Waals surface area contributed by atoms with Crippen molar-refractivity contribution in [3.8, 4) is 0 Å². The van der Waals surface area contributed by atoms with Gasteiger partial charge in [-0.3, -0.25) is 14.9 Å². The number of unbranched alkanes of at least 4 members (excludes halogenated alkanes) is 1. The lowest BCUT2D eigenvalue weighted by molar-refractivity contribution is 0.1000. The Kier molecular flexibility index (Phi) is 5.09. The summed E-state index contributed by atoms with van der Waals surface area (Å²) in [5, 5.41) is 3.33. The molecule has 0 fully saturated rings. The van der Waals surface area contributed by atoms with Crippen molar-refractivity contribution in [3.63, 3.8) is 0 Å². The highest BCUT2D eigenvalue weighted by Crippen LogP contribution is 2.27. The molecule has 0 radical (unpaired) electrons. The van der Waals surface area contributed by atoms with Crippen LogP contribution in [0.5, 0.6) is 0 Å². The minimum atomic E-state index is -0.561. The average molecular weight is 353 g/mol. The second kappa shape index (κ2) is 7.44. The molecule has 3 aromatic rings. The van der Waals surface area contributed by atoms with Gasteiger partial charge in [-0.15, -0.1) is 0 Å². The predicted molar refractivity (Wildman–Crippen MR) is 101 cm³/mol. The van der Waals surface area contributed by atoms with Crippen LogP contribution in [0.4, 0.5) is 5.13 Å². The molecule has 5 nitrogen and oxygen atoms in total. The maximum absolute atomic E-state index is 12.4. The van der Waals surface area contributed by atoms with Crippen molar-refractivity contribution in [2.24, 2.45) is 5.73 Å². The Morgan fingerprint density at radius 3 is 2.72 bits per heavy atom. The van der Waals surface area contributed by atoms with Crippen molar-refractivity contribution in [1.82, 2.24) is 4.98 Å². The molecule has 128 valence electrons. The number of carbonyl (C=O) groups is 2. The summed E-state index contributed by atoms with van der Waals surface area (Å²) in [4.78, 5) is 28.1. The van der Waals surface area contributed by atoms with E-state index in [-0.39, 0.29) is 5.91 Å². The third-order valence-electron chi connectivity index (χ3n) is 3.90. The number of amides is 2. The smallest absolute Gasteiger partial charge is 0.257 e. The highest BCUT2D eigenvalue weighted by molar-refractivity contribution is 7.22. The van der Waals surface area contributed by atoms with Gasteiger partial charge in [-0.2, -0.15) is 0 Å². The number of hydrogen-bond donors (Lipinski definition) is 2. The summed E-state index contributed by atoms with van der Waals surface area (Å²) >= 11 is 1.44. The van der Waals surface area contributed by atoms with E-state index in [1.165, 1.54) is 23.0 Å². The van der Waals surface area contributed by atoms with Crippen LogP contribution in [0.3, 0.4) is 0 Å². The minimum Gasteiger partial charge on any atom is -0.366 e. The number of anilines is 1. The SMILES string of the molecule is CCCCc1ccc2nc(NC(=O)c3cccc(C(N)=O)c3)sc2c1. The number of nitrogens with two attached hydrogens (primary N) is 1. The fraction of sp³-hybridized carbons (Fsp3) is 0.211. The van der Waals surface area contributed by atoms with E-state index in [2.05, 4.69) is 29.4 Å². The highest BCUT2D eigenvalue weighted by Gasteiger charge is 2.12. The van der Waals surface area contributed by atoms with E-state index in [0.29, 0.717) is 16.3 Å². The first-order valence-electron chi connectivity index (χ1n) is 8.17. The van der Waals surface area contributed by atoms with E-state index < -0.39 is 5.91 Å². The van der Waals surface area contributed by atoms with E-state index in [0.717, 1.165) is 29.5 Å². The van der Waals surface area contributed by atoms with Gasteiger partial charge in [0.15, 0.2) is 5.13 Å². The van der Waals surface area contributed by atoms with Crippen LogP contribution in [0.2, 0.25) is 0 Å². The van der Waals surface area contributed by atoms with E-state index in [4.69, 9.17) is 5.73 Å². The first kappa shape index (κ1) is 17.1. The van der Waals surface area contributed by atoms with Crippen LogP contribution in [-0.2, 0) is 6.42 Å². The summed E-state index contributed by atoms with van der Waals surface area (Å²) in [5.41, 5.74) is 8.08. The molecule has 0 spiro atoms. The average Bonchev–Trinajstić information content (AvgIpc) is 3.01. The molecule has 1 aromatic heterocycles. The molecule has 25 heavy (non-hydrogen) atoms. The summed E-state index contributed by atoms with van der Waals surface area (Å²) in [5.74, 6) is -0.873. The fourth-order valence-corrected chi connectivity index (χ4v) is 3.47. The number of nitrogens with one attached hydrogen (secondary N) is 1. The molecule has 0 saturated carbocycles. The first-order valence-corrected chi connectivity index (χ1v) is 8.99. The molecule has 6 heteroatoms. The van der Waals surface area contributed by atoms with Crippen molar-refractivity contribution in [3.05, 3.63) is 59.2 Å². The van der Waals surface area contributed by atoms with Crippen molar-refractivity contribution >= 4 is 38.5 Å². The molecule has 2 aromatic carbocycles. The van der Waals surface area contributed by atoms with Gasteiger partial charge in [0.25, 0.3) is 5.91 Å². The number of carbonyl (C=O) groups excluding carboxylic acids is 2. The fourth-order valence-electron chi connectivity index (χ4n) is 2.54. The number of aromatic nitrogens is 1. The lowest BCUT2D eigenvalue weighted by Crippen LogP contribution is -2.15. The Labute approximate surface area is 149 Å². The number of rotatable bonds is 6. The van der Waals surface area contributed by atoms with Crippen LogP contribution in [0.1, 0.15) is 46.0 Å². The van der Waals surface area contributed by atoms with Gasteiger partial charge < -0.3 is 5.73 Å². The van der Waals surface area contributed by atoms with Crippen LogP contribution in [0, 0.1) is 0 Å². The van der Waals surface area contributed by atoms with E-state index in [1.807, 2.05) is 6.07 Å². The third kappa shape index (κ3) is 4.03. The Balaban J connectivity index is 1.79. The summed E-state index contributed by atoms with van der Waals surface area (Å²) in [7, 11) is 0. The van der Waals surface area contributed by atoms with E-state index in [9.17, 15) is 9.59 Å². The predicted octanol–water partition coefficient (Wildman–Crippen LogP) is 3.99. The van der Waals surface area contributed by atoms with Crippen LogP contribution in [0.25, 0.3) is 10.2 Å². The largest absolute Gasteiger partial charge is 0.366 e. The van der Waals surface area contributed by atoms with Gasteiger partial charge >= 0.3 is 0 Å². The van der Waals surface area contributed by atoms with Crippen LogP contribution in [0.15, 0.2) is 42.5 Å². The summed E-state index contributed by atoms with van der Waals surface area (Å²) in [6.45, 7) is 2.17. The Morgan fingerprint density at radius 2 is 1.96 bits per heavy atom. The number of benzene rings is 2. The molecule has 0 atom stereocenters. The van der Waals surface area contributed by atoms with Crippen molar-refractivity contribution in [1.29, 1.82) is 0 Å². The third-order valence-corrected chi connectivity index (χ3v) is 4.84. The molecule has 0 aliphatic carbocycles. The second-order valence-corrected chi connectivity index (χ2v) is 6.85. The first-order chi connectivity index (χ1) is 12.1. The molecule has 0 bridgehead atoms. The van der Waals surface area contributed by atoms with Crippen molar-refractivity contribution in [2.75, 3.05) is 5.32 Å². The number of nitrogens with zero attached hydrogens (tertiary/aromatic N) is 1. The number of hydrogen-bond acceptors (Lipinski definition) is 4.